The number of nitrogens with two attached hydrogens (primary N) is 1. The molecule has 0 bridgehead atoms. The molecule has 0 aliphatic heterocycles. The van der Waals surface area contributed by atoms with Crippen molar-refractivity contribution < 1.29 is 9.90 Å². The monoisotopic (exact) mass is 273 g/mol. The number of carbonyl (C=O) groups excluding carboxylic acids is 1. The minimum atomic E-state index is -0.463. The van der Waals surface area contributed by atoms with E-state index >= 15 is 0 Å². The Labute approximate surface area is 115 Å². The summed E-state index contributed by atoms with van der Waals surface area (Å²) in [5.41, 5.74) is 6.99. The highest BCUT2D eigenvalue weighted by molar-refractivity contribution is 5.96. The van der Waals surface area contributed by atoms with E-state index in [0.29, 0.717) is 13.1 Å². The van der Waals surface area contributed by atoms with E-state index in [-0.39, 0.29) is 11.3 Å². The van der Waals surface area contributed by atoms with Gasteiger partial charge in [0.25, 0.3) is 11.5 Å². The van der Waals surface area contributed by atoms with E-state index in [1.807, 2.05) is 24.3 Å². The molecule has 0 fully saturated rings. The second kappa shape index (κ2) is 6.03. The number of hydrogen-bond donors (Lipinski definition) is 4. The number of nitrogens with one attached hydrogen (secondary N) is 2. The second-order valence-corrected chi connectivity index (χ2v) is 4.30. The Hall–Kier alpha value is -2.60. The highest BCUT2D eigenvalue weighted by atomic mass is 16.3. The van der Waals surface area contributed by atoms with Gasteiger partial charge in [0.05, 0.1) is 5.56 Å². The van der Waals surface area contributed by atoms with Gasteiger partial charge in [0.2, 0.25) is 0 Å². The number of hydrogen-bond acceptors (Lipinski definition) is 4. The van der Waals surface area contributed by atoms with Gasteiger partial charge in [-0.15, -0.1) is 0 Å². The zero-order chi connectivity index (χ0) is 14.5. The average molecular weight is 273 g/mol. The Bertz CT molecular complexity index is 679. The SMILES string of the molecule is NCc1cccc(CNC(=O)c2c[nH]c(=O)cc2O)c1. The first-order valence-corrected chi connectivity index (χ1v) is 6.08. The molecule has 0 spiro atoms. The van der Waals surface area contributed by atoms with Crippen LogP contribution in [0.4, 0.5) is 0 Å². The molecule has 0 aliphatic rings. The summed E-state index contributed by atoms with van der Waals surface area (Å²) in [7, 11) is 0. The Morgan fingerprint density at radius 1 is 1.30 bits per heavy atom. The van der Waals surface area contributed by atoms with Crippen molar-refractivity contribution in [2.75, 3.05) is 0 Å². The van der Waals surface area contributed by atoms with Crippen LogP contribution in [0, 0.1) is 0 Å². The van der Waals surface area contributed by atoms with Crippen molar-refractivity contribution in [2.24, 2.45) is 5.73 Å². The van der Waals surface area contributed by atoms with Crippen LogP contribution in [0.3, 0.4) is 0 Å². The van der Waals surface area contributed by atoms with E-state index < -0.39 is 11.5 Å². The molecule has 1 amide bonds. The fourth-order valence-corrected chi connectivity index (χ4v) is 1.79. The largest absolute Gasteiger partial charge is 0.507 e. The lowest BCUT2D eigenvalue weighted by molar-refractivity contribution is 0.0948. The topological polar surface area (TPSA) is 108 Å². The van der Waals surface area contributed by atoms with Gasteiger partial charge in [-0.3, -0.25) is 9.59 Å². The van der Waals surface area contributed by atoms with Gasteiger partial charge in [-0.05, 0) is 11.1 Å². The lowest BCUT2D eigenvalue weighted by Crippen LogP contribution is -2.24. The quantitative estimate of drug-likeness (QED) is 0.649. The van der Waals surface area contributed by atoms with Crippen LogP contribution in [-0.4, -0.2) is 16.0 Å². The van der Waals surface area contributed by atoms with Crippen LogP contribution in [0.2, 0.25) is 0 Å². The third-order valence-electron chi connectivity index (χ3n) is 2.83. The molecule has 1 aromatic heterocycles. The van der Waals surface area contributed by atoms with Gasteiger partial charge in [0.15, 0.2) is 0 Å². The van der Waals surface area contributed by atoms with E-state index in [1.54, 1.807) is 0 Å². The number of H-pyrrole nitrogens is 1. The molecule has 0 saturated heterocycles. The van der Waals surface area contributed by atoms with Crippen LogP contribution in [-0.2, 0) is 13.1 Å². The molecule has 0 saturated carbocycles. The summed E-state index contributed by atoms with van der Waals surface area (Å²) in [6.07, 6.45) is 1.18. The molecular weight excluding hydrogens is 258 g/mol. The van der Waals surface area contributed by atoms with Crippen molar-refractivity contribution >= 4 is 5.91 Å². The molecule has 6 nitrogen and oxygen atoms in total. The highest BCUT2D eigenvalue weighted by Gasteiger charge is 2.11. The van der Waals surface area contributed by atoms with Crippen LogP contribution in [0.15, 0.2) is 41.3 Å². The third-order valence-corrected chi connectivity index (χ3v) is 2.83. The molecule has 6 heteroatoms. The summed E-state index contributed by atoms with van der Waals surface area (Å²) >= 11 is 0. The average Bonchev–Trinajstić information content (AvgIpc) is 2.45. The molecule has 0 aliphatic carbocycles. The van der Waals surface area contributed by atoms with Crippen LogP contribution < -0.4 is 16.6 Å². The van der Waals surface area contributed by atoms with Crippen LogP contribution in [0.1, 0.15) is 21.5 Å². The number of amides is 1. The predicted molar refractivity (Wildman–Crippen MR) is 74.2 cm³/mol. The standard InChI is InChI=1S/C14H15N3O3/c15-6-9-2-1-3-10(4-9)7-17-14(20)11-8-16-13(19)5-12(11)18/h1-5,8H,6-7,15H2,(H,17,20)(H2,16,18,19). The van der Waals surface area contributed by atoms with Gasteiger partial charge >= 0.3 is 0 Å². The summed E-state index contributed by atoms with van der Waals surface area (Å²) in [5, 5.41) is 12.2. The fourth-order valence-electron chi connectivity index (χ4n) is 1.79. The number of carbonyl (C=O) groups is 1. The Kier molecular flexibility index (Phi) is 4.17. The minimum Gasteiger partial charge on any atom is -0.507 e. The molecule has 104 valence electrons. The normalized spacial score (nSPS) is 10.2. The first kappa shape index (κ1) is 13.8. The van der Waals surface area contributed by atoms with Gasteiger partial charge in [-0.2, -0.15) is 0 Å². The van der Waals surface area contributed by atoms with Crippen LogP contribution >= 0.6 is 0 Å². The molecule has 0 unspecified atom stereocenters. The molecular formula is C14H15N3O3. The molecule has 2 rings (SSSR count). The van der Waals surface area contributed by atoms with Crippen LogP contribution in [0.5, 0.6) is 5.75 Å². The predicted octanol–water partition coefficient (Wildman–Crippen LogP) is 0.469. The van der Waals surface area contributed by atoms with E-state index in [4.69, 9.17) is 5.73 Å². The maximum atomic E-state index is 11.9. The van der Waals surface area contributed by atoms with Crippen molar-refractivity contribution in [3.63, 3.8) is 0 Å². The van der Waals surface area contributed by atoms with Gasteiger partial charge in [-0.25, -0.2) is 0 Å². The third kappa shape index (κ3) is 3.24. The molecule has 1 aromatic carbocycles. The summed E-state index contributed by atoms with van der Waals surface area (Å²) in [6, 6.07) is 8.49. The number of aromatic hydroxyl groups is 1. The van der Waals surface area contributed by atoms with E-state index in [2.05, 4.69) is 10.3 Å². The maximum absolute atomic E-state index is 11.9. The summed E-state index contributed by atoms with van der Waals surface area (Å²) in [6.45, 7) is 0.744. The highest BCUT2D eigenvalue weighted by Crippen LogP contribution is 2.12. The van der Waals surface area contributed by atoms with Crippen molar-refractivity contribution in [3.8, 4) is 5.75 Å². The molecule has 0 radical (unpaired) electrons. The molecule has 2 aromatic rings. The van der Waals surface area contributed by atoms with Gasteiger partial charge in [0.1, 0.15) is 5.75 Å². The number of pyridine rings is 1. The van der Waals surface area contributed by atoms with Crippen molar-refractivity contribution in [2.45, 2.75) is 13.1 Å². The van der Waals surface area contributed by atoms with Crippen molar-refractivity contribution in [3.05, 3.63) is 63.6 Å². The fraction of sp³-hybridized carbons (Fsp3) is 0.143. The first-order valence-electron chi connectivity index (χ1n) is 6.08. The number of benzene rings is 1. The number of rotatable bonds is 4. The minimum absolute atomic E-state index is 0.0274. The van der Waals surface area contributed by atoms with Gasteiger partial charge in [0, 0.05) is 25.4 Å². The number of aromatic amines is 1. The van der Waals surface area contributed by atoms with E-state index in [9.17, 15) is 14.7 Å². The Balaban J connectivity index is 2.06. The summed E-state index contributed by atoms with van der Waals surface area (Å²) < 4.78 is 0. The Morgan fingerprint density at radius 2 is 2.05 bits per heavy atom. The zero-order valence-electron chi connectivity index (χ0n) is 10.7. The van der Waals surface area contributed by atoms with Crippen molar-refractivity contribution in [1.29, 1.82) is 0 Å². The van der Waals surface area contributed by atoms with Gasteiger partial charge < -0.3 is 21.1 Å². The van der Waals surface area contributed by atoms with Crippen LogP contribution in [0.25, 0.3) is 0 Å². The molecule has 5 N–H and O–H groups in total. The lowest BCUT2D eigenvalue weighted by atomic mass is 10.1. The number of aromatic nitrogens is 1. The van der Waals surface area contributed by atoms with E-state index in [0.717, 1.165) is 17.2 Å². The first-order chi connectivity index (χ1) is 9.60. The summed E-state index contributed by atoms with van der Waals surface area (Å²) in [4.78, 5) is 25.2. The van der Waals surface area contributed by atoms with Gasteiger partial charge in [-0.1, -0.05) is 24.3 Å². The smallest absolute Gasteiger partial charge is 0.256 e. The van der Waals surface area contributed by atoms with E-state index in [1.165, 1.54) is 6.20 Å². The van der Waals surface area contributed by atoms with Crippen molar-refractivity contribution in [1.82, 2.24) is 10.3 Å². The molecule has 0 atom stereocenters. The molecule has 20 heavy (non-hydrogen) atoms. The second-order valence-electron chi connectivity index (χ2n) is 4.30. The maximum Gasteiger partial charge on any atom is 0.256 e. The lowest BCUT2D eigenvalue weighted by Gasteiger charge is -2.07. The Morgan fingerprint density at radius 3 is 2.75 bits per heavy atom. The zero-order valence-corrected chi connectivity index (χ0v) is 10.7. The molecule has 1 heterocycles. The summed E-state index contributed by atoms with van der Waals surface area (Å²) in [5.74, 6) is -0.807.